The van der Waals surface area contributed by atoms with Crippen LogP contribution in [0.3, 0.4) is 0 Å². The van der Waals surface area contributed by atoms with Crippen LogP contribution >= 0.6 is 0 Å². The van der Waals surface area contributed by atoms with E-state index >= 15 is 0 Å². The molecule has 132 valence electrons. The number of nitrogens with zero attached hydrogens (tertiary/aromatic N) is 4. The van der Waals surface area contributed by atoms with Gasteiger partial charge in [-0.25, -0.2) is 9.97 Å². The van der Waals surface area contributed by atoms with Crippen molar-refractivity contribution < 1.29 is 9.53 Å². The number of hydrogen-bond acceptors (Lipinski definition) is 7. The average Bonchev–Trinajstić information content (AvgIpc) is 2.63. The molecule has 3 heterocycles. The molecule has 1 amide bonds. The fraction of sp³-hybridized carbons (Fsp3) is 0.688. The maximum absolute atomic E-state index is 11.8. The summed E-state index contributed by atoms with van der Waals surface area (Å²) in [7, 11) is 0. The van der Waals surface area contributed by atoms with E-state index in [1.54, 1.807) is 13.3 Å². The normalized spacial score (nSPS) is 23.0. The largest absolute Gasteiger partial charge is 0.378 e. The summed E-state index contributed by atoms with van der Waals surface area (Å²) in [5.41, 5.74) is 5.64. The molecule has 2 aliphatic rings. The molecule has 1 aromatic heterocycles. The molecule has 24 heavy (non-hydrogen) atoms. The van der Waals surface area contributed by atoms with Crippen LogP contribution in [0.25, 0.3) is 0 Å². The van der Waals surface area contributed by atoms with E-state index in [0.717, 1.165) is 63.9 Å². The zero-order valence-electron chi connectivity index (χ0n) is 14.1. The summed E-state index contributed by atoms with van der Waals surface area (Å²) in [6.07, 6.45) is 3.60. The fourth-order valence-electron chi connectivity index (χ4n) is 3.11. The van der Waals surface area contributed by atoms with Gasteiger partial charge in [-0.05, 0) is 19.8 Å². The second-order valence-electron chi connectivity index (χ2n) is 6.42. The minimum Gasteiger partial charge on any atom is -0.378 e. The highest BCUT2D eigenvalue weighted by Crippen LogP contribution is 2.22. The van der Waals surface area contributed by atoms with E-state index in [1.807, 2.05) is 6.07 Å². The van der Waals surface area contributed by atoms with Gasteiger partial charge in [0, 0.05) is 38.3 Å². The number of nitrogens with two attached hydrogens (primary N) is 1. The van der Waals surface area contributed by atoms with Crippen molar-refractivity contribution in [2.45, 2.75) is 31.8 Å². The number of anilines is 2. The summed E-state index contributed by atoms with van der Waals surface area (Å²) >= 11 is 0. The maximum atomic E-state index is 11.8. The Morgan fingerprint density at radius 3 is 2.71 bits per heavy atom. The summed E-state index contributed by atoms with van der Waals surface area (Å²) in [5, 5.41) is 3.02. The van der Waals surface area contributed by atoms with Gasteiger partial charge in [-0.2, -0.15) is 0 Å². The van der Waals surface area contributed by atoms with Gasteiger partial charge in [0.15, 0.2) is 0 Å². The van der Waals surface area contributed by atoms with Gasteiger partial charge in [-0.1, -0.05) is 0 Å². The highest BCUT2D eigenvalue weighted by molar-refractivity contribution is 5.81. The SMILES string of the molecule is CC(N)C(=O)NC1CCCN(c2cc(N3CCOCC3)ncn2)C1. The molecule has 2 aliphatic heterocycles. The third-order valence-electron chi connectivity index (χ3n) is 4.48. The molecule has 8 nitrogen and oxygen atoms in total. The molecule has 3 rings (SSSR count). The number of carbonyl (C=O) groups is 1. The number of morpholine rings is 1. The molecule has 0 saturated carbocycles. The van der Waals surface area contributed by atoms with Gasteiger partial charge >= 0.3 is 0 Å². The van der Waals surface area contributed by atoms with E-state index in [-0.39, 0.29) is 11.9 Å². The van der Waals surface area contributed by atoms with Gasteiger partial charge in [0.1, 0.15) is 18.0 Å². The quantitative estimate of drug-likeness (QED) is 0.783. The first kappa shape index (κ1) is 16.9. The zero-order valence-corrected chi connectivity index (χ0v) is 14.1. The van der Waals surface area contributed by atoms with Crippen LogP contribution in [0.1, 0.15) is 19.8 Å². The molecule has 0 aliphatic carbocycles. The summed E-state index contributed by atoms with van der Waals surface area (Å²) in [6, 6.07) is 1.66. The fourth-order valence-corrected chi connectivity index (χ4v) is 3.11. The van der Waals surface area contributed by atoms with Crippen LogP contribution in [-0.4, -0.2) is 67.4 Å². The first-order chi connectivity index (χ1) is 11.6. The van der Waals surface area contributed by atoms with Crippen LogP contribution in [0.15, 0.2) is 12.4 Å². The van der Waals surface area contributed by atoms with Crippen LogP contribution in [0, 0.1) is 0 Å². The number of carbonyl (C=O) groups excluding carboxylic acids is 1. The lowest BCUT2D eigenvalue weighted by Crippen LogP contribution is -2.51. The highest BCUT2D eigenvalue weighted by Gasteiger charge is 2.24. The molecule has 0 bridgehead atoms. The van der Waals surface area contributed by atoms with Gasteiger partial charge in [-0.15, -0.1) is 0 Å². The standard InChI is InChI=1S/C16H26N6O2/c1-12(17)16(23)20-13-3-2-4-22(10-13)15-9-14(18-11-19-15)21-5-7-24-8-6-21/h9,11-13H,2-8,10,17H2,1H3,(H,20,23). The predicted octanol–water partition coefficient (Wildman–Crippen LogP) is -0.255. The second kappa shape index (κ2) is 7.76. The van der Waals surface area contributed by atoms with Crippen molar-refractivity contribution in [1.82, 2.24) is 15.3 Å². The number of ether oxygens (including phenoxy) is 1. The van der Waals surface area contributed by atoms with Crippen molar-refractivity contribution in [1.29, 1.82) is 0 Å². The molecule has 0 spiro atoms. The summed E-state index contributed by atoms with van der Waals surface area (Å²) in [4.78, 5) is 25.1. The van der Waals surface area contributed by atoms with E-state index in [0.29, 0.717) is 0 Å². The predicted molar refractivity (Wildman–Crippen MR) is 92.1 cm³/mol. The van der Waals surface area contributed by atoms with Crippen molar-refractivity contribution in [2.24, 2.45) is 5.73 Å². The van der Waals surface area contributed by atoms with Crippen LogP contribution in [0.4, 0.5) is 11.6 Å². The number of aromatic nitrogens is 2. The Morgan fingerprint density at radius 2 is 2.00 bits per heavy atom. The van der Waals surface area contributed by atoms with E-state index in [4.69, 9.17) is 10.5 Å². The number of nitrogens with one attached hydrogen (secondary N) is 1. The molecule has 1 aromatic rings. The number of piperidine rings is 1. The molecule has 2 atom stereocenters. The Labute approximate surface area is 142 Å². The lowest BCUT2D eigenvalue weighted by Gasteiger charge is -2.35. The molecule has 2 saturated heterocycles. The Bertz CT molecular complexity index is 561. The second-order valence-corrected chi connectivity index (χ2v) is 6.42. The Kier molecular flexibility index (Phi) is 5.47. The molecule has 8 heteroatoms. The van der Waals surface area contributed by atoms with Crippen molar-refractivity contribution in [2.75, 3.05) is 49.2 Å². The molecule has 3 N–H and O–H groups in total. The van der Waals surface area contributed by atoms with Gasteiger partial charge in [0.05, 0.1) is 19.3 Å². The Hall–Kier alpha value is -1.93. The van der Waals surface area contributed by atoms with Gasteiger partial charge in [0.2, 0.25) is 5.91 Å². The maximum Gasteiger partial charge on any atom is 0.236 e. The number of rotatable bonds is 4. The first-order valence-electron chi connectivity index (χ1n) is 8.59. The molecule has 2 unspecified atom stereocenters. The highest BCUT2D eigenvalue weighted by atomic mass is 16.5. The third kappa shape index (κ3) is 4.12. The third-order valence-corrected chi connectivity index (χ3v) is 4.48. The monoisotopic (exact) mass is 334 g/mol. The molecule has 0 radical (unpaired) electrons. The lowest BCUT2D eigenvalue weighted by molar-refractivity contribution is -0.122. The van der Waals surface area contributed by atoms with Crippen LogP contribution in [0.5, 0.6) is 0 Å². The van der Waals surface area contributed by atoms with Crippen LogP contribution < -0.4 is 20.9 Å². The van der Waals surface area contributed by atoms with Crippen molar-refractivity contribution in [3.8, 4) is 0 Å². The van der Waals surface area contributed by atoms with Crippen LogP contribution in [0.2, 0.25) is 0 Å². The average molecular weight is 334 g/mol. The van der Waals surface area contributed by atoms with E-state index in [9.17, 15) is 4.79 Å². The van der Waals surface area contributed by atoms with Crippen molar-refractivity contribution >= 4 is 17.5 Å². The Balaban J connectivity index is 1.66. The van der Waals surface area contributed by atoms with Gasteiger partial charge < -0.3 is 25.6 Å². The Morgan fingerprint density at radius 1 is 1.29 bits per heavy atom. The van der Waals surface area contributed by atoms with Crippen LogP contribution in [-0.2, 0) is 9.53 Å². The summed E-state index contributed by atoms with van der Waals surface area (Å²) in [6.45, 7) is 6.55. The van der Waals surface area contributed by atoms with E-state index in [1.165, 1.54) is 0 Å². The van der Waals surface area contributed by atoms with E-state index < -0.39 is 6.04 Å². The zero-order chi connectivity index (χ0) is 16.9. The van der Waals surface area contributed by atoms with Gasteiger partial charge in [-0.3, -0.25) is 4.79 Å². The summed E-state index contributed by atoms with van der Waals surface area (Å²) in [5.74, 6) is 1.75. The minimum absolute atomic E-state index is 0.0986. The van der Waals surface area contributed by atoms with Crippen molar-refractivity contribution in [3.05, 3.63) is 12.4 Å². The summed E-state index contributed by atoms with van der Waals surface area (Å²) < 4.78 is 5.39. The number of amides is 1. The molecule has 2 fully saturated rings. The lowest BCUT2D eigenvalue weighted by atomic mass is 10.1. The minimum atomic E-state index is -0.479. The molecular formula is C16H26N6O2. The van der Waals surface area contributed by atoms with E-state index in [2.05, 4.69) is 25.1 Å². The smallest absolute Gasteiger partial charge is 0.236 e. The van der Waals surface area contributed by atoms with Gasteiger partial charge in [0.25, 0.3) is 0 Å². The van der Waals surface area contributed by atoms with Crippen molar-refractivity contribution in [3.63, 3.8) is 0 Å². The molecular weight excluding hydrogens is 308 g/mol. The first-order valence-corrected chi connectivity index (χ1v) is 8.59. The number of hydrogen-bond donors (Lipinski definition) is 2. The molecule has 0 aromatic carbocycles. The topological polar surface area (TPSA) is 96.6 Å².